The SMILES string of the molecule is CCOC(=O)N1C[C@H](C)N(C(C)=O)C2=C3CCCC(=C21)C(c1ccc(S(=O)(=O)NCCO)cc1)C3. The van der Waals surface area contributed by atoms with Crippen LogP contribution in [0.1, 0.15) is 57.9 Å². The van der Waals surface area contributed by atoms with Crippen molar-refractivity contribution in [2.75, 3.05) is 26.3 Å². The lowest BCUT2D eigenvalue weighted by atomic mass is 9.79. The molecule has 3 aliphatic carbocycles. The van der Waals surface area contributed by atoms with Gasteiger partial charge in [-0.2, -0.15) is 0 Å². The number of aliphatic hydroxyl groups excluding tert-OH is 1. The van der Waals surface area contributed by atoms with Gasteiger partial charge in [0.15, 0.2) is 0 Å². The molecule has 2 N–H and O–H groups in total. The van der Waals surface area contributed by atoms with Crippen molar-refractivity contribution >= 4 is 22.0 Å². The van der Waals surface area contributed by atoms with Gasteiger partial charge in [0.05, 0.1) is 35.5 Å². The molecule has 2 fully saturated rings. The number of hydrogen-bond donors (Lipinski definition) is 2. The summed E-state index contributed by atoms with van der Waals surface area (Å²) in [6, 6.07) is 6.60. The van der Waals surface area contributed by atoms with Gasteiger partial charge < -0.3 is 14.7 Å². The number of carbonyl (C=O) groups is 2. The number of aliphatic hydroxyl groups is 1. The van der Waals surface area contributed by atoms with Crippen molar-refractivity contribution < 1.29 is 27.9 Å². The van der Waals surface area contributed by atoms with Crippen molar-refractivity contribution in [1.82, 2.24) is 14.5 Å². The van der Waals surface area contributed by atoms with Gasteiger partial charge in [-0.25, -0.2) is 17.9 Å². The second kappa shape index (κ2) is 10.1. The first kappa shape index (κ1) is 25.4. The number of nitrogens with zero attached hydrogens (tertiary/aromatic N) is 2. The molecule has 10 heteroatoms. The van der Waals surface area contributed by atoms with Crippen molar-refractivity contribution in [1.29, 1.82) is 0 Å². The lowest BCUT2D eigenvalue weighted by Gasteiger charge is -2.46. The molecule has 0 radical (unpaired) electrons. The third-order valence-electron chi connectivity index (χ3n) is 6.88. The average molecular weight is 504 g/mol. The number of hydrogen-bond acceptors (Lipinski definition) is 6. The van der Waals surface area contributed by atoms with E-state index in [1.54, 1.807) is 30.9 Å². The lowest BCUT2D eigenvalue weighted by molar-refractivity contribution is -0.129. The Bertz CT molecular complexity index is 1170. The second-order valence-corrected chi connectivity index (χ2v) is 10.9. The van der Waals surface area contributed by atoms with Crippen LogP contribution >= 0.6 is 0 Å². The molecule has 2 atom stereocenters. The fraction of sp³-hybridized carbons (Fsp3) is 0.520. The summed E-state index contributed by atoms with van der Waals surface area (Å²) >= 11 is 0. The molecule has 1 aromatic rings. The summed E-state index contributed by atoms with van der Waals surface area (Å²) in [6.45, 7) is 5.58. The summed E-state index contributed by atoms with van der Waals surface area (Å²) in [5, 5.41) is 8.94. The summed E-state index contributed by atoms with van der Waals surface area (Å²) in [5.41, 5.74) is 4.82. The summed E-state index contributed by atoms with van der Waals surface area (Å²) < 4.78 is 32.6. The van der Waals surface area contributed by atoms with Gasteiger partial charge in [0.25, 0.3) is 0 Å². The van der Waals surface area contributed by atoms with E-state index in [1.165, 1.54) is 0 Å². The minimum atomic E-state index is -3.70. The molecule has 1 saturated heterocycles. The molecule has 5 rings (SSSR count). The van der Waals surface area contributed by atoms with Crippen LogP contribution in [-0.4, -0.2) is 67.7 Å². The number of ether oxygens (including phenoxy) is 1. The highest BCUT2D eigenvalue weighted by atomic mass is 32.2. The molecule has 1 heterocycles. The van der Waals surface area contributed by atoms with Crippen LogP contribution in [0.3, 0.4) is 0 Å². The standard InChI is InChI=1S/C25H33N3O6S/c1-4-34-25(31)27-15-16(2)28(17(3)30)23-19-6-5-7-21(24(23)27)22(14-19)18-8-10-20(11-9-18)35(32,33)26-12-13-29/h8-11,16,22,26,29H,4-7,12-15H2,1-3H3/t16-,22?/m0/s1. The van der Waals surface area contributed by atoms with Crippen LogP contribution in [0.4, 0.5) is 4.79 Å². The van der Waals surface area contributed by atoms with E-state index in [2.05, 4.69) is 4.72 Å². The topological polar surface area (TPSA) is 116 Å². The molecule has 2 amide bonds. The maximum Gasteiger partial charge on any atom is 0.414 e. The summed E-state index contributed by atoms with van der Waals surface area (Å²) in [6.07, 6.45) is 2.84. The number of amides is 2. The zero-order valence-corrected chi connectivity index (χ0v) is 21.2. The Labute approximate surface area is 206 Å². The van der Waals surface area contributed by atoms with E-state index in [0.717, 1.165) is 53.8 Å². The van der Waals surface area contributed by atoms with Crippen molar-refractivity contribution in [2.24, 2.45) is 0 Å². The third-order valence-corrected chi connectivity index (χ3v) is 8.36. The van der Waals surface area contributed by atoms with Crippen molar-refractivity contribution in [2.45, 2.75) is 63.3 Å². The highest BCUT2D eigenvalue weighted by molar-refractivity contribution is 7.89. The highest BCUT2D eigenvalue weighted by Gasteiger charge is 2.44. The predicted octanol–water partition coefficient (Wildman–Crippen LogP) is 2.85. The largest absolute Gasteiger partial charge is 0.449 e. The van der Waals surface area contributed by atoms with Gasteiger partial charge in [-0.1, -0.05) is 12.1 Å². The number of carbonyl (C=O) groups excluding carboxylic acids is 2. The van der Waals surface area contributed by atoms with Crippen LogP contribution in [0.15, 0.2) is 51.7 Å². The van der Waals surface area contributed by atoms with E-state index >= 15 is 0 Å². The second-order valence-electron chi connectivity index (χ2n) is 9.17. The Morgan fingerprint density at radius 3 is 2.51 bits per heavy atom. The normalized spacial score (nSPS) is 22.3. The Hall–Kier alpha value is -2.69. The Morgan fingerprint density at radius 1 is 1.17 bits per heavy atom. The van der Waals surface area contributed by atoms with Gasteiger partial charge in [0.1, 0.15) is 0 Å². The molecule has 9 nitrogen and oxygen atoms in total. The van der Waals surface area contributed by atoms with Gasteiger partial charge >= 0.3 is 6.09 Å². The zero-order chi connectivity index (χ0) is 25.3. The molecule has 1 aromatic carbocycles. The van der Waals surface area contributed by atoms with Crippen molar-refractivity contribution in [3.8, 4) is 0 Å². The number of fused-ring (bicyclic) bond motifs is 3. The molecular formula is C25H33N3O6S. The van der Waals surface area contributed by atoms with E-state index in [-0.39, 0.29) is 42.5 Å². The van der Waals surface area contributed by atoms with Gasteiger partial charge in [-0.15, -0.1) is 0 Å². The zero-order valence-electron chi connectivity index (χ0n) is 20.4. The molecule has 1 aliphatic heterocycles. The summed E-state index contributed by atoms with van der Waals surface area (Å²) in [7, 11) is -3.70. The third kappa shape index (κ3) is 4.74. The maximum atomic E-state index is 13.0. The van der Waals surface area contributed by atoms with Crippen LogP contribution in [-0.2, 0) is 19.6 Å². The molecule has 1 saturated carbocycles. The number of allylic oxidation sites excluding steroid dienone is 2. The first-order chi connectivity index (χ1) is 16.7. The molecule has 0 aromatic heterocycles. The van der Waals surface area contributed by atoms with Gasteiger partial charge in [0.2, 0.25) is 15.9 Å². The molecule has 1 unspecified atom stereocenters. The van der Waals surface area contributed by atoms with E-state index in [9.17, 15) is 18.0 Å². The fourth-order valence-electron chi connectivity index (χ4n) is 5.50. The summed E-state index contributed by atoms with van der Waals surface area (Å²) in [5.74, 6) is -0.0665. The molecule has 2 bridgehead atoms. The molecule has 35 heavy (non-hydrogen) atoms. The van der Waals surface area contributed by atoms with Crippen LogP contribution < -0.4 is 4.72 Å². The van der Waals surface area contributed by atoms with Gasteiger partial charge in [-0.05, 0) is 68.4 Å². The van der Waals surface area contributed by atoms with E-state index in [0.29, 0.717) is 6.54 Å². The minimum absolute atomic E-state index is 0.0208. The maximum absolute atomic E-state index is 13.0. The van der Waals surface area contributed by atoms with Crippen LogP contribution in [0.2, 0.25) is 0 Å². The number of rotatable bonds is 6. The molecule has 190 valence electrons. The quantitative estimate of drug-likeness (QED) is 0.617. The highest BCUT2D eigenvalue weighted by Crippen LogP contribution is 2.50. The van der Waals surface area contributed by atoms with Crippen LogP contribution in [0.25, 0.3) is 0 Å². The van der Waals surface area contributed by atoms with E-state index in [1.807, 2.05) is 24.0 Å². The number of benzene rings is 1. The van der Waals surface area contributed by atoms with Crippen LogP contribution in [0, 0.1) is 0 Å². The van der Waals surface area contributed by atoms with Gasteiger partial charge in [-0.3, -0.25) is 9.69 Å². The van der Waals surface area contributed by atoms with E-state index in [4.69, 9.17) is 9.84 Å². The average Bonchev–Trinajstić information content (AvgIpc) is 3.15. The Balaban J connectivity index is 1.78. The van der Waals surface area contributed by atoms with Crippen molar-refractivity contribution in [3.63, 3.8) is 0 Å². The lowest BCUT2D eigenvalue weighted by Crippen LogP contribution is -2.54. The number of nitrogens with one attached hydrogen (secondary N) is 1. The fourth-order valence-corrected chi connectivity index (χ4v) is 6.52. The smallest absolute Gasteiger partial charge is 0.414 e. The Morgan fingerprint density at radius 2 is 1.89 bits per heavy atom. The molecule has 4 aliphatic rings. The minimum Gasteiger partial charge on any atom is -0.449 e. The van der Waals surface area contributed by atoms with Gasteiger partial charge in [0, 0.05) is 25.9 Å². The monoisotopic (exact) mass is 503 g/mol. The summed E-state index contributed by atoms with van der Waals surface area (Å²) in [4.78, 5) is 29.3. The first-order valence-electron chi connectivity index (χ1n) is 12.1. The number of piperazine rings is 1. The number of sulfonamides is 1. The Kier molecular flexibility index (Phi) is 7.35. The predicted molar refractivity (Wildman–Crippen MR) is 130 cm³/mol. The molecule has 0 spiro atoms. The van der Waals surface area contributed by atoms with E-state index < -0.39 is 16.1 Å². The van der Waals surface area contributed by atoms with Crippen molar-refractivity contribution in [3.05, 3.63) is 52.4 Å². The van der Waals surface area contributed by atoms with Crippen LogP contribution in [0.5, 0.6) is 0 Å². The molecular weight excluding hydrogens is 470 g/mol. The first-order valence-corrected chi connectivity index (χ1v) is 13.6.